The molecule has 2 aromatic rings. The van der Waals surface area contributed by atoms with Crippen LogP contribution in [0.15, 0.2) is 48.5 Å². The average molecular weight is 421 g/mol. The molecular weight excluding hydrogens is 395 g/mol. The third-order valence-corrected chi connectivity index (χ3v) is 4.85. The normalized spacial score (nSPS) is 16.1. The molecule has 0 aliphatic carbocycles. The standard InChI is InChI=1S/C22H25FN2O3.ClH/c1-2-28-19-8-6-16(7-9-19)21(26)10-11-22(27)25-13-12-24-15-20(25)17-4-3-5-18(23)14-17;/h3-9,14,20,24H,2,10-13,15H2,1H3;1H. The van der Waals surface area contributed by atoms with Gasteiger partial charge in [-0.1, -0.05) is 12.1 Å². The van der Waals surface area contributed by atoms with Gasteiger partial charge in [0.05, 0.1) is 12.6 Å². The highest BCUT2D eigenvalue weighted by Gasteiger charge is 2.28. The quantitative estimate of drug-likeness (QED) is 0.692. The summed E-state index contributed by atoms with van der Waals surface area (Å²) in [6.07, 6.45) is 0.282. The second-order valence-corrected chi connectivity index (χ2v) is 6.74. The first-order chi connectivity index (χ1) is 13.6. The number of halogens is 2. The molecule has 1 saturated heterocycles. The molecule has 156 valence electrons. The van der Waals surface area contributed by atoms with Crippen LogP contribution in [0.3, 0.4) is 0 Å². The number of benzene rings is 2. The molecular formula is C22H26ClFN2O3. The molecule has 29 heavy (non-hydrogen) atoms. The molecule has 1 aliphatic heterocycles. The van der Waals surface area contributed by atoms with Crippen LogP contribution in [-0.4, -0.2) is 42.8 Å². The third-order valence-electron chi connectivity index (χ3n) is 4.85. The number of amides is 1. The van der Waals surface area contributed by atoms with Crippen LogP contribution in [0.1, 0.15) is 41.7 Å². The van der Waals surface area contributed by atoms with Crippen LogP contribution in [0.25, 0.3) is 0 Å². The van der Waals surface area contributed by atoms with E-state index in [9.17, 15) is 14.0 Å². The summed E-state index contributed by atoms with van der Waals surface area (Å²) in [6.45, 7) is 4.26. The van der Waals surface area contributed by atoms with Crippen LogP contribution in [0.5, 0.6) is 5.75 Å². The summed E-state index contributed by atoms with van der Waals surface area (Å²) < 4.78 is 19.0. The van der Waals surface area contributed by atoms with E-state index in [4.69, 9.17) is 4.74 Å². The van der Waals surface area contributed by atoms with Gasteiger partial charge in [-0.25, -0.2) is 4.39 Å². The molecule has 1 atom stereocenters. The maximum absolute atomic E-state index is 13.6. The van der Waals surface area contributed by atoms with E-state index in [0.717, 1.165) is 5.56 Å². The average Bonchev–Trinajstić information content (AvgIpc) is 2.72. The number of rotatable bonds is 7. The molecule has 0 bridgehead atoms. The van der Waals surface area contributed by atoms with E-state index >= 15 is 0 Å². The van der Waals surface area contributed by atoms with E-state index in [1.54, 1.807) is 35.2 Å². The van der Waals surface area contributed by atoms with E-state index in [1.807, 2.05) is 13.0 Å². The highest BCUT2D eigenvalue weighted by Crippen LogP contribution is 2.24. The van der Waals surface area contributed by atoms with Crippen molar-refractivity contribution in [1.82, 2.24) is 10.2 Å². The number of carbonyl (C=O) groups excluding carboxylic acids is 2. The summed E-state index contributed by atoms with van der Waals surface area (Å²) in [5, 5.41) is 3.25. The fraction of sp³-hybridized carbons (Fsp3) is 0.364. The molecule has 7 heteroatoms. The van der Waals surface area contributed by atoms with Crippen molar-refractivity contribution in [1.29, 1.82) is 0 Å². The Hall–Kier alpha value is -2.44. The Morgan fingerprint density at radius 1 is 1.17 bits per heavy atom. The van der Waals surface area contributed by atoms with Crippen molar-refractivity contribution >= 4 is 24.1 Å². The number of ether oxygens (including phenoxy) is 1. The number of hydrogen-bond acceptors (Lipinski definition) is 4. The van der Waals surface area contributed by atoms with Gasteiger partial charge in [0.1, 0.15) is 11.6 Å². The van der Waals surface area contributed by atoms with Crippen molar-refractivity contribution in [2.24, 2.45) is 0 Å². The SMILES string of the molecule is CCOc1ccc(C(=O)CCC(=O)N2CCNCC2c2cccc(F)c2)cc1.Cl. The summed E-state index contributed by atoms with van der Waals surface area (Å²) in [5.74, 6) is 0.235. The molecule has 1 heterocycles. The highest BCUT2D eigenvalue weighted by molar-refractivity contribution is 5.98. The zero-order valence-electron chi connectivity index (χ0n) is 16.4. The molecule has 0 saturated carbocycles. The van der Waals surface area contributed by atoms with Crippen LogP contribution in [0, 0.1) is 5.82 Å². The number of ketones is 1. The molecule has 3 rings (SSSR count). The van der Waals surface area contributed by atoms with Gasteiger partial charge in [0.2, 0.25) is 5.91 Å². The Morgan fingerprint density at radius 2 is 1.93 bits per heavy atom. The molecule has 1 amide bonds. The van der Waals surface area contributed by atoms with Crippen molar-refractivity contribution in [2.45, 2.75) is 25.8 Å². The van der Waals surface area contributed by atoms with E-state index < -0.39 is 0 Å². The number of nitrogens with one attached hydrogen (secondary N) is 1. The molecule has 1 fully saturated rings. The number of Topliss-reactive ketones (excluding diaryl/α,β-unsaturated/α-hetero) is 1. The molecule has 0 spiro atoms. The van der Waals surface area contributed by atoms with Crippen LogP contribution in [-0.2, 0) is 4.79 Å². The first kappa shape index (κ1) is 22.8. The number of piperazine rings is 1. The van der Waals surface area contributed by atoms with E-state index in [2.05, 4.69) is 5.32 Å². The van der Waals surface area contributed by atoms with Gasteiger partial charge in [-0.05, 0) is 48.9 Å². The second-order valence-electron chi connectivity index (χ2n) is 6.74. The largest absolute Gasteiger partial charge is 0.494 e. The Kier molecular flexibility index (Phi) is 8.61. The van der Waals surface area contributed by atoms with Crippen molar-refractivity contribution in [3.8, 4) is 5.75 Å². The maximum Gasteiger partial charge on any atom is 0.223 e. The summed E-state index contributed by atoms with van der Waals surface area (Å²) >= 11 is 0. The molecule has 0 radical (unpaired) electrons. The molecule has 5 nitrogen and oxygen atoms in total. The first-order valence-electron chi connectivity index (χ1n) is 9.60. The predicted octanol–water partition coefficient (Wildman–Crippen LogP) is 3.78. The maximum atomic E-state index is 13.6. The topological polar surface area (TPSA) is 58.6 Å². The highest BCUT2D eigenvalue weighted by atomic mass is 35.5. The van der Waals surface area contributed by atoms with Crippen LogP contribution < -0.4 is 10.1 Å². The lowest BCUT2D eigenvalue weighted by molar-refractivity contribution is -0.134. The van der Waals surface area contributed by atoms with E-state index in [-0.39, 0.29) is 48.8 Å². The van der Waals surface area contributed by atoms with Crippen LogP contribution in [0.4, 0.5) is 4.39 Å². The van der Waals surface area contributed by atoms with Crippen LogP contribution >= 0.6 is 12.4 Å². The lowest BCUT2D eigenvalue weighted by Crippen LogP contribution is -2.48. The van der Waals surface area contributed by atoms with Crippen molar-refractivity contribution < 1.29 is 18.7 Å². The minimum absolute atomic E-state index is 0. The number of carbonyl (C=O) groups is 2. The zero-order chi connectivity index (χ0) is 19.9. The summed E-state index contributed by atoms with van der Waals surface area (Å²) in [6, 6.07) is 13.1. The lowest BCUT2D eigenvalue weighted by atomic mass is 10.0. The number of nitrogens with zero attached hydrogens (tertiary/aromatic N) is 1. The second kappa shape index (κ2) is 10.9. The summed E-state index contributed by atoms with van der Waals surface area (Å²) in [4.78, 5) is 26.9. The monoisotopic (exact) mass is 420 g/mol. The van der Waals surface area contributed by atoms with Crippen molar-refractivity contribution in [3.63, 3.8) is 0 Å². The Balaban J connectivity index is 0.00000300. The molecule has 0 aromatic heterocycles. The fourth-order valence-corrected chi connectivity index (χ4v) is 3.43. The Bertz CT molecular complexity index is 829. The van der Waals surface area contributed by atoms with E-state index in [0.29, 0.717) is 37.6 Å². The molecule has 1 aliphatic rings. The Labute approximate surface area is 176 Å². The van der Waals surface area contributed by atoms with Gasteiger partial charge in [-0.15, -0.1) is 12.4 Å². The molecule has 1 unspecified atom stereocenters. The lowest BCUT2D eigenvalue weighted by Gasteiger charge is -2.36. The fourth-order valence-electron chi connectivity index (χ4n) is 3.43. The Morgan fingerprint density at radius 3 is 2.62 bits per heavy atom. The van der Waals surface area contributed by atoms with Gasteiger partial charge in [-0.2, -0.15) is 0 Å². The summed E-state index contributed by atoms with van der Waals surface area (Å²) in [7, 11) is 0. The minimum atomic E-state index is -0.318. The number of hydrogen-bond donors (Lipinski definition) is 1. The smallest absolute Gasteiger partial charge is 0.223 e. The van der Waals surface area contributed by atoms with Crippen LogP contribution in [0.2, 0.25) is 0 Å². The van der Waals surface area contributed by atoms with Gasteiger partial charge in [0.25, 0.3) is 0 Å². The first-order valence-corrected chi connectivity index (χ1v) is 9.60. The van der Waals surface area contributed by atoms with Gasteiger partial charge in [-0.3, -0.25) is 9.59 Å². The summed E-state index contributed by atoms with van der Waals surface area (Å²) in [5.41, 5.74) is 1.33. The van der Waals surface area contributed by atoms with Crippen molar-refractivity contribution in [3.05, 3.63) is 65.5 Å². The predicted molar refractivity (Wildman–Crippen MR) is 112 cm³/mol. The van der Waals surface area contributed by atoms with Gasteiger partial charge in [0.15, 0.2) is 5.78 Å². The van der Waals surface area contributed by atoms with E-state index in [1.165, 1.54) is 12.1 Å². The molecule has 1 N–H and O–H groups in total. The molecule has 2 aromatic carbocycles. The zero-order valence-corrected chi connectivity index (χ0v) is 17.2. The third kappa shape index (κ3) is 6.02. The van der Waals surface area contributed by atoms with Crippen molar-refractivity contribution in [2.75, 3.05) is 26.2 Å². The minimum Gasteiger partial charge on any atom is -0.494 e. The van der Waals surface area contributed by atoms with Gasteiger partial charge in [0, 0.05) is 38.0 Å². The van der Waals surface area contributed by atoms with Gasteiger partial charge < -0.3 is 15.0 Å². The van der Waals surface area contributed by atoms with Gasteiger partial charge >= 0.3 is 0 Å².